The smallest absolute Gasteiger partial charge is 0.274 e. The third-order valence-electron chi connectivity index (χ3n) is 3.97. The zero-order valence-electron chi connectivity index (χ0n) is 12.6. The molecule has 0 spiro atoms. The topological polar surface area (TPSA) is 61.9 Å². The fraction of sp³-hybridized carbons (Fsp3) is 0.312. The van der Waals surface area contributed by atoms with Crippen molar-refractivity contribution in [1.29, 1.82) is 5.26 Å². The van der Waals surface area contributed by atoms with Gasteiger partial charge in [0.05, 0.1) is 19.0 Å². The SMILES string of the molecule is N#CCCN1CCc2c(nn(Cc3c(F)cccc3F)c2Cl)C1=O. The van der Waals surface area contributed by atoms with E-state index in [1.165, 1.54) is 15.6 Å². The second-order valence-electron chi connectivity index (χ2n) is 5.43. The summed E-state index contributed by atoms with van der Waals surface area (Å²) in [7, 11) is 0. The minimum Gasteiger partial charge on any atom is -0.336 e. The summed E-state index contributed by atoms with van der Waals surface area (Å²) in [5, 5.41) is 13.0. The number of hydrogen-bond donors (Lipinski definition) is 0. The normalized spacial score (nSPS) is 13.8. The minimum atomic E-state index is -0.693. The van der Waals surface area contributed by atoms with Gasteiger partial charge < -0.3 is 4.90 Å². The quantitative estimate of drug-likeness (QED) is 0.851. The molecule has 1 aliphatic heterocycles. The standard InChI is InChI=1S/C16H13ClF2N4O/c17-15-10-5-8-22(7-2-6-20)16(24)14(10)21-23(15)9-11-12(18)3-1-4-13(11)19/h1,3-4H,2,5,7-9H2. The average molecular weight is 351 g/mol. The molecule has 0 saturated carbocycles. The summed E-state index contributed by atoms with van der Waals surface area (Å²) < 4.78 is 28.8. The van der Waals surface area contributed by atoms with Crippen molar-refractivity contribution in [2.24, 2.45) is 0 Å². The van der Waals surface area contributed by atoms with Crippen molar-refractivity contribution in [2.75, 3.05) is 13.1 Å². The van der Waals surface area contributed by atoms with Crippen LogP contribution < -0.4 is 0 Å². The van der Waals surface area contributed by atoms with Crippen LogP contribution in [0, 0.1) is 23.0 Å². The largest absolute Gasteiger partial charge is 0.336 e. The Hall–Kier alpha value is -2.46. The number of benzene rings is 1. The van der Waals surface area contributed by atoms with Crippen LogP contribution in [-0.4, -0.2) is 33.7 Å². The number of carbonyl (C=O) groups is 1. The highest BCUT2D eigenvalue weighted by Crippen LogP contribution is 2.27. The molecule has 8 heteroatoms. The van der Waals surface area contributed by atoms with Gasteiger partial charge >= 0.3 is 0 Å². The molecule has 0 radical (unpaired) electrons. The van der Waals surface area contributed by atoms with Crippen LogP contribution in [0.25, 0.3) is 0 Å². The number of hydrogen-bond acceptors (Lipinski definition) is 3. The lowest BCUT2D eigenvalue weighted by Gasteiger charge is -2.24. The van der Waals surface area contributed by atoms with Crippen LogP contribution in [0.15, 0.2) is 18.2 Å². The molecule has 0 aliphatic carbocycles. The van der Waals surface area contributed by atoms with Crippen molar-refractivity contribution < 1.29 is 13.6 Å². The molecule has 0 saturated heterocycles. The number of carbonyl (C=O) groups excluding carboxylic acids is 1. The summed E-state index contributed by atoms with van der Waals surface area (Å²) in [6, 6.07) is 5.59. The average Bonchev–Trinajstić information content (AvgIpc) is 2.88. The first-order valence-corrected chi connectivity index (χ1v) is 7.75. The van der Waals surface area contributed by atoms with Crippen LogP contribution in [0.5, 0.6) is 0 Å². The van der Waals surface area contributed by atoms with Crippen molar-refractivity contribution in [3.8, 4) is 6.07 Å². The van der Waals surface area contributed by atoms with Gasteiger partial charge in [0.1, 0.15) is 16.8 Å². The van der Waals surface area contributed by atoms with Crippen LogP contribution in [0.2, 0.25) is 5.15 Å². The number of nitriles is 1. The molecule has 0 fully saturated rings. The first kappa shape index (κ1) is 16.4. The van der Waals surface area contributed by atoms with Crippen molar-refractivity contribution in [2.45, 2.75) is 19.4 Å². The molecule has 1 amide bonds. The predicted octanol–water partition coefficient (Wildman–Crippen LogP) is 2.77. The maximum Gasteiger partial charge on any atom is 0.274 e. The molecule has 24 heavy (non-hydrogen) atoms. The van der Waals surface area contributed by atoms with Crippen LogP contribution >= 0.6 is 11.6 Å². The van der Waals surface area contributed by atoms with Gasteiger partial charge in [-0.1, -0.05) is 17.7 Å². The lowest BCUT2D eigenvalue weighted by atomic mass is 10.1. The zero-order chi connectivity index (χ0) is 17.3. The van der Waals surface area contributed by atoms with Gasteiger partial charge in [0.15, 0.2) is 5.69 Å². The molecule has 0 bridgehead atoms. The Labute approximate surface area is 142 Å². The van der Waals surface area contributed by atoms with Gasteiger partial charge in [-0.05, 0) is 18.6 Å². The molecule has 124 valence electrons. The second kappa shape index (κ2) is 6.57. The fourth-order valence-corrected chi connectivity index (χ4v) is 2.99. The molecular formula is C16H13ClF2N4O. The Kier molecular flexibility index (Phi) is 4.49. The summed E-state index contributed by atoms with van der Waals surface area (Å²) in [5.74, 6) is -1.70. The maximum atomic E-state index is 13.8. The Bertz CT molecular complexity index is 823. The highest BCUT2D eigenvalue weighted by atomic mass is 35.5. The van der Waals surface area contributed by atoms with Gasteiger partial charge in [0.2, 0.25) is 0 Å². The minimum absolute atomic E-state index is 0.159. The van der Waals surface area contributed by atoms with E-state index in [1.807, 2.05) is 6.07 Å². The van der Waals surface area contributed by atoms with Crippen LogP contribution in [0.1, 0.15) is 28.0 Å². The van der Waals surface area contributed by atoms with E-state index in [1.54, 1.807) is 0 Å². The Morgan fingerprint density at radius 2 is 2.04 bits per heavy atom. The van der Waals surface area contributed by atoms with E-state index < -0.39 is 11.6 Å². The van der Waals surface area contributed by atoms with E-state index in [9.17, 15) is 13.6 Å². The fourth-order valence-electron chi connectivity index (χ4n) is 2.71. The molecule has 1 aromatic heterocycles. The van der Waals surface area contributed by atoms with E-state index in [-0.39, 0.29) is 35.3 Å². The molecule has 0 atom stereocenters. The zero-order valence-corrected chi connectivity index (χ0v) is 13.4. The maximum absolute atomic E-state index is 13.8. The molecule has 1 aliphatic rings. The molecule has 5 nitrogen and oxygen atoms in total. The highest BCUT2D eigenvalue weighted by molar-refractivity contribution is 6.31. The van der Waals surface area contributed by atoms with Crippen molar-refractivity contribution >= 4 is 17.5 Å². The lowest BCUT2D eigenvalue weighted by Crippen LogP contribution is -2.38. The number of amides is 1. The number of fused-ring (bicyclic) bond motifs is 1. The lowest BCUT2D eigenvalue weighted by molar-refractivity contribution is 0.0737. The van der Waals surface area contributed by atoms with Gasteiger partial charge in [-0.3, -0.25) is 4.79 Å². The third-order valence-corrected chi connectivity index (χ3v) is 4.39. The second-order valence-corrected chi connectivity index (χ2v) is 5.78. The van der Waals surface area contributed by atoms with Crippen LogP contribution in [0.4, 0.5) is 8.78 Å². The first-order chi connectivity index (χ1) is 11.5. The molecular weight excluding hydrogens is 338 g/mol. The Balaban J connectivity index is 1.91. The van der Waals surface area contributed by atoms with Gasteiger partial charge in [0.25, 0.3) is 5.91 Å². The number of aromatic nitrogens is 2. The van der Waals surface area contributed by atoms with E-state index in [4.69, 9.17) is 16.9 Å². The Morgan fingerprint density at radius 3 is 2.71 bits per heavy atom. The summed E-state index contributed by atoms with van der Waals surface area (Å²) in [4.78, 5) is 13.9. The molecule has 0 N–H and O–H groups in total. The van der Waals surface area contributed by atoms with Gasteiger partial charge in [-0.25, -0.2) is 13.5 Å². The van der Waals surface area contributed by atoms with Gasteiger partial charge in [-0.2, -0.15) is 10.4 Å². The van der Waals surface area contributed by atoms with E-state index in [0.717, 1.165) is 12.1 Å². The van der Waals surface area contributed by atoms with E-state index in [2.05, 4.69) is 5.10 Å². The summed E-state index contributed by atoms with van der Waals surface area (Å²) >= 11 is 6.25. The summed E-state index contributed by atoms with van der Waals surface area (Å²) in [6.45, 7) is 0.560. The molecule has 0 unspecified atom stereocenters. The van der Waals surface area contributed by atoms with Gasteiger partial charge in [-0.15, -0.1) is 0 Å². The number of halogens is 3. The monoisotopic (exact) mass is 350 g/mol. The summed E-state index contributed by atoms with van der Waals surface area (Å²) in [6.07, 6.45) is 0.723. The molecule has 2 heterocycles. The summed E-state index contributed by atoms with van der Waals surface area (Å²) in [5.41, 5.74) is 0.598. The van der Waals surface area contributed by atoms with E-state index in [0.29, 0.717) is 25.1 Å². The van der Waals surface area contributed by atoms with Crippen LogP contribution in [0.3, 0.4) is 0 Å². The van der Waals surface area contributed by atoms with Crippen LogP contribution in [-0.2, 0) is 13.0 Å². The predicted molar refractivity (Wildman–Crippen MR) is 82.5 cm³/mol. The van der Waals surface area contributed by atoms with Crippen molar-refractivity contribution in [3.05, 3.63) is 51.8 Å². The highest BCUT2D eigenvalue weighted by Gasteiger charge is 2.30. The van der Waals surface area contributed by atoms with E-state index >= 15 is 0 Å². The number of nitrogens with zero attached hydrogens (tertiary/aromatic N) is 4. The first-order valence-electron chi connectivity index (χ1n) is 7.37. The van der Waals surface area contributed by atoms with Crippen molar-refractivity contribution in [1.82, 2.24) is 14.7 Å². The van der Waals surface area contributed by atoms with Gasteiger partial charge in [0, 0.05) is 24.2 Å². The molecule has 2 aromatic rings. The molecule has 3 rings (SSSR count). The third kappa shape index (κ3) is 2.85. The Morgan fingerprint density at radius 1 is 1.33 bits per heavy atom. The molecule has 1 aromatic carbocycles. The number of rotatable bonds is 4. The van der Waals surface area contributed by atoms with Crippen molar-refractivity contribution in [3.63, 3.8) is 0 Å².